The van der Waals surface area contributed by atoms with Gasteiger partial charge in [-0.15, -0.1) is 0 Å². The van der Waals surface area contributed by atoms with Crippen LogP contribution in [0.2, 0.25) is 5.82 Å². The molecule has 0 aliphatic heterocycles. The first-order valence-corrected chi connectivity index (χ1v) is 6.86. The Hall–Kier alpha value is -1.65. The summed E-state index contributed by atoms with van der Waals surface area (Å²) in [5.41, 5.74) is 1.69. The molecule has 1 radical (unpaired) electrons. The Morgan fingerprint density at radius 3 is 2.38 bits per heavy atom. The van der Waals surface area contributed by atoms with Crippen molar-refractivity contribution in [3.63, 3.8) is 0 Å². The standard InChI is InChI=1S/C16H19BF3O/c1-4-5-12(3)17-14-8-6-13(7-9-14)11(2)10-15(21)16(18,19)20/h6-10,12,21H,2,4-5H2,1,3H3/b15-10-. The summed E-state index contributed by atoms with van der Waals surface area (Å²) in [6.45, 7) is 7.80. The lowest BCUT2D eigenvalue weighted by atomic mass is 9.58. The molecule has 0 saturated carbocycles. The Labute approximate surface area is 124 Å². The van der Waals surface area contributed by atoms with Gasteiger partial charge in [-0.1, -0.05) is 68.8 Å². The van der Waals surface area contributed by atoms with Gasteiger partial charge >= 0.3 is 6.18 Å². The summed E-state index contributed by atoms with van der Waals surface area (Å²) in [6.07, 6.45) is -1.91. The smallest absolute Gasteiger partial charge is 0.448 e. The van der Waals surface area contributed by atoms with Crippen molar-refractivity contribution < 1.29 is 18.3 Å². The second kappa shape index (κ2) is 7.39. The van der Waals surface area contributed by atoms with Crippen LogP contribution in [0.4, 0.5) is 13.2 Å². The lowest BCUT2D eigenvalue weighted by Gasteiger charge is -2.10. The molecule has 113 valence electrons. The van der Waals surface area contributed by atoms with Crippen LogP contribution in [0.15, 0.2) is 42.7 Å². The number of alkyl halides is 3. The zero-order chi connectivity index (χ0) is 16.0. The molecule has 0 aromatic heterocycles. The Balaban J connectivity index is 2.76. The van der Waals surface area contributed by atoms with Crippen LogP contribution in [-0.4, -0.2) is 18.6 Å². The SMILES string of the molecule is C=C(/C=C(\O)C(F)(F)F)c1ccc([B]C(C)CCC)cc1. The molecule has 1 aromatic carbocycles. The van der Waals surface area contributed by atoms with Gasteiger partial charge in [-0.25, -0.2) is 0 Å². The molecular weight excluding hydrogens is 276 g/mol. The predicted octanol–water partition coefficient (Wildman–Crippen LogP) is 4.64. The molecule has 0 heterocycles. The number of rotatable bonds is 6. The fourth-order valence-electron chi connectivity index (χ4n) is 2.01. The summed E-state index contributed by atoms with van der Waals surface area (Å²) < 4.78 is 36.7. The van der Waals surface area contributed by atoms with Gasteiger partial charge in [0.2, 0.25) is 0 Å². The zero-order valence-corrected chi connectivity index (χ0v) is 12.2. The maximum Gasteiger partial charge on any atom is 0.448 e. The maximum absolute atomic E-state index is 12.2. The Morgan fingerprint density at radius 1 is 1.33 bits per heavy atom. The van der Waals surface area contributed by atoms with Crippen molar-refractivity contribution in [2.45, 2.75) is 38.7 Å². The summed E-state index contributed by atoms with van der Waals surface area (Å²) in [5, 5.41) is 8.92. The third-order valence-electron chi connectivity index (χ3n) is 3.10. The molecule has 0 saturated heterocycles. The molecule has 1 unspecified atom stereocenters. The molecule has 0 spiro atoms. The molecule has 21 heavy (non-hydrogen) atoms. The number of hydrogen-bond donors (Lipinski definition) is 1. The van der Waals surface area contributed by atoms with E-state index < -0.39 is 11.9 Å². The quantitative estimate of drug-likeness (QED) is 0.460. The van der Waals surface area contributed by atoms with E-state index in [2.05, 4.69) is 27.7 Å². The molecular formula is C16H19BF3O. The number of aliphatic hydroxyl groups excluding tert-OH is 1. The molecule has 1 aromatic rings. The highest BCUT2D eigenvalue weighted by molar-refractivity contribution is 6.54. The minimum atomic E-state index is -4.74. The van der Waals surface area contributed by atoms with E-state index in [9.17, 15) is 13.2 Å². The number of halogens is 3. The minimum Gasteiger partial charge on any atom is -0.504 e. The number of benzene rings is 1. The average molecular weight is 295 g/mol. The van der Waals surface area contributed by atoms with Crippen molar-refractivity contribution in [2.75, 3.05) is 0 Å². The number of aliphatic hydroxyl groups is 1. The average Bonchev–Trinajstić information content (AvgIpc) is 2.38. The third kappa shape index (κ3) is 5.70. The van der Waals surface area contributed by atoms with E-state index in [0.717, 1.165) is 18.3 Å². The largest absolute Gasteiger partial charge is 0.504 e. The van der Waals surface area contributed by atoms with Crippen LogP contribution in [-0.2, 0) is 0 Å². The fraction of sp³-hybridized carbons (Fsp3) is 0.375. The highest BCUT2D eigenvalue weighted by atomic mass is 19.4. The summed E-state index contributed by atoms with van der Waals surface area (Å²) >= 11 is 0. The van der Waals surface area contributed by atoms with Crippen LogP contribution >= 0.6 is 0 Å². The maximum atomic E-state index is 12.2. The molecule has 0 amide bonds. The summed E-state index contributed by atoms with van der Waals surface area (Å²) in [5.74, 6) is -1.18. The topological polar surface area (TPSA) is 20.2 Å². The molecule has 1 atom stereocenters. The van der Waals surface area contributed by atoms with Gasteiger partial charge < -0.3 is 5.11 Å². The zero-order valence-electron chi connectivity index (χ0n) is 12.2. The van der Waals surface area contributed by atoms with E-state index >= 15 is 0 Å². The lowest BCUT2D eigenvalue weighted by Crippen LogP contribution is -2.17. The second-order valence-electron chi connectivity index (χ2n) is 5.11. The second-order valence-corrected chi connectivity index (χ2v) is 5.11. The van der Waals surface area contributed by atoms with Crippen LogP contribution in [0, 0.1) is 0 Å². The Kier molecular flexibility index (Phi) is 6.12. The van der Waals surface area contributed by atoms with Gasteiger partial charge in [0, 0.05) is 0 Å². The predicted molar refractivity (Wildman–Crippen MR) is 82.0 cm³/mol. The normalized spacial score (nSPS) is 13.9. The van der Waals surface area contributed by atoms with Crippen molar-refractivity contribution in [2.24, 2.45) is 0 Å². The number of allylic oxidation sites excluding steroid dienone is 3. The van der Waals surface area contributed by atoms with Gasteiger partial charge in [0.15, 0.2) is 13.0 Å². The van der Waals surface area contributed by atoms with Gasteiger partial charge in [0.05, 0.1) is 0 Å². The highest BCUT2D eigenvalue weighted by Crippen LogP contribution is 2.26. The van der Waals surface area contributed by atoms with Crippen molar-refractivity contribution in [1.29, 1.82) is 0 Å². The molecule has 1 N–H and O–H groups in total. The molecule has 0 fully saturated rings. The number of hydrogen-bond acceptors (Lipinski definition) is 1. The van der Waals surface area contributed by atoms with E-state index in [4.69, 9.17) is 5.11 Å². The Bertz CT molecular complexity index is 503. The molecule has 0 aliphatic rings. The first-order chi connectivity index (χ1) is 9.74. The first kappa shape index (κ1) is 17.4. The van der Waals surface area contributed by atoms with E-state index in [0.29, 0.717) is 17.5 Å². The molecule has 1 nitrogen and oxygen atoms in total. The minimum absolute atomic E-state index is 0.123. The van der Waals surface area contributed by atoms with E-state index in [1.54, 1.807) is 12.1 Å². The van der Waals surface area contributed by atoms with Crippen molar-refractivity contribution >= 4 is 18.3 Å². The van der Waals surface area contributed by atoms with Gasteiger partial charge in [0.25, 0.3) is 0 Å². The van der Waals surface area contributed by atoms with Gasteiger partial charge in [-0.3, -0.25) is 0 Å². The van der Waals surface area contributed by atoms with E-state index in [1.165, 1.54) is 0 Å². The third-order valence-corrected chi connectivity index (χ3v) is 3.10. The lowest BCUT2D eigenvalue weighted by molar-refractivity contribution is -0.120. The van der Waals surface area contributed by atoms with Crippen LogP contribution in [0.3, 0.4) is 0 Å². The highest BCUT2D eigenvalue weighted by Gasteiger charge is 2.33. The molecule has 0 bridgehead atoms. The van der Waals surface area contributed by atoms with Crippen molar-refractivity contribution in [1.82, 2.24) is 0 Å². The molecule has 5 heteroatoms. The van der Waals surface area contributed by atoms with Gasteiger partial charge in [0.1, 0.15) is 0 Å². The summed E-state index contributed by atoms with van der Waals surface area (Å²) in [6, 6.07) is 7.08. The molecule has 0 aliphatic carbocycles. The first-order valence-electron chi connectivity index (χ1n) is 6.86. The fourth-order valence-corrected chi connectivity index (χ4v) is 2.01. The Morgan fingerprint density at radius 2 is 1.90 bits per heavy atom. The van der Waals surface area contributed by atoms with Crippen molar-refractivity contribution in [3.8, 4) is 0 Å². The van der Waals surface area contributed by atoms with Crippen LogP contribution in [0.1, 0.15) is 32.3 Å². The van der Waals surface area contributed by atoms with E-state index in [1.807, 2.05) is 12.1 Å². The van der Waals surface area contributed by atoms with Gasteiger partial charge in [-0.05, 0) is 17.2 Å². The monoisotopic (exact) mass is 295 g/mol. The van der Waals surface area contributed by atoms with Crippen molar-refractivity contribution in [3.05, 3.63) is 48.2 Å². The molecule has 1 rings (SSSR count). The summed E-state index contributed by atoms with van der Waals surface area (Å²) in [4.78, 5) is 0. The summed E-state index contributed by atoms with van der Waals surface area (Å²) in [7, 11) is 2.12. The van der Waals surface area contributed by atoms with E-state index in [-0.39, 0.29) is 5.57 Å². The van der Waals surface area contributed by atoms with Gasteiger partial charge in [-0.2, -0.15) is 13.2 Å². The van der Waals surface area contributed by atoms with Crippen LogP contribution in [0.25, 0.3) is 5.57 Å². The van der Waals surface area contributed by atoms with Crippen LogP contribution in [0.5, 0.6) is 0 Å². The van der Waals surface area contributed by atoms with Crippen LogP contribution < -0.4 is 5.46 Å².